The molecule has 0 aliphatic heterocycles. The highest BCUT2D eigenvalue weighted by Gasteiger charge is 2.12. The van der Waals surface area contributed by atoms with Crippen LogP contribution in [0.15, 0.2) is 0 Å². The molecule has 2 heteroatoms. The summed E-state index contributed by atoms with van der Waals surface area (Å²) in [5.41, 5.74) is 4.23. The molecular weight excluding hydrogens is 126 g/mol. The Labute approximate surface area is 62.4 Å². The molecule has 0 saturated carbocycles. The first-order chi connectivity index (χ1) is 4.48. The molecule has 0 bridgehead atoms. The van der Waals surface area contributed by atoms with Crippen LogP contribution >= 0.6 is 0 Å². The van der Waals surface area contributed by atoms with E-state index in [0.29, 0.717) is 0 Å². The van der Waals surface area contributed by atoms with E-state index in [-0.39, 0.29) is 12.5 Å². The summed E-state index contributed by atoms with van der Waals surface area (Å²) in [6.45, 7) is 5.74. The molecule has 3 N–H and O–H groups in total. The van der Waals surface area contributed by atoms with Crippen LogP contribution in [-0.4, -0.2) is 17.3 Å². The van der Waals surface area contributed by atoms with Gasteiger partial charge in [0.2, 0.25) is 0 Å². The summed E-state index contributed by atoms with van der Waals surface area (Å²) < 4.78 is 0. The van der Waals surface area contributed by atoms with Gasteiger partial charge in [-0.15, -0.1) is 0 Å². The van der Waals surface area contributed by atoms with Gasteiger partial charge in [-0.1, -0.05) is 25.7 Å². The average molecular weight is 141 g/mol. The summed E-state index contributed by atoms with van der Waals surface area (Å²) in [4.78, 5) is 0. The molecule has 1 atom stereocenters. The van der Waals surface area contributed by atoms with E-state index >= 15 is 0 Å². The second-order valence-electron chi connectivity index (χ2n) is 2.90. The largest absolute Gasteiger partial charge is 0.377 e. The van der Waals surface area contributed by atoms with Crippen LogP contribution in [0.25, 0.3) is 0 Å². The molecule has 0 aliphatic rings. The molecule has 10 heavy (non-hydrogen) atoms. The van der Waals surface area contributed by atoms with Gasteiger partial charge in [-0.2, -0.15) is 0 Å². The third-order valence-corrected chi connectivity index (χ3v) is 1.03. The van der Waals surface area contributed by atoms with E-state index in [0.717, 1.165) is 0 Å². The molecule has 0 amide bonds. The molecule has 0 aromatic rings. The number of hydrogen-bond acceptors (Lipinski definition) is 2. The van der Waals surface area contributed by atoms with Gasteiger partial charge in [-0.3, -0.25) is 0 Å². The smallest absolute Gasteiger partial charge is 0.134 e. The minimum atomic E-state index is -1.01. The second kappa shape index (κ2) is 3.60. The van der Waals surface area contributed by atoms with E-state index in [2.05, 4.69) is 11.8 Å². The van der Waals surface area contributed by atoms with Crippen molar-refractivity contribution in [3.63, 3.8) is 0 Å². The van der Waals surface area contributed by atoms with Gasteiger partial charge in [0, 0.05) is 12.5 Å². The van der Waals surface area contributed by atoms with Gasteiger partial charge < -0.3 is 10.8 Å². The van der Waals surface area contributed by atoms with Crippen molar-refractivity contribution in [1.29, 1.82) is 0 Å². The number of aliphatic hydroxyl groups is 1. The van der Waals surface area contributed by atoms with E-state index in [4.69, 9.17) is 5.73 Å². The number of hydrogen-bond donors (Lipinski definition) is 2. The standard InChI is InChI=1S/C8H15NO/c1-7(2)4-5-8(3,10)6-9/h7,10H,6,9H2,1-3H3. The van der Waals surface area contributed by atoms with Gasteiger partial charge in [-0.05, 0) is 6.92 Å². The Kier molecular flexibility index (Phi) is 3.41. The zero-order valence-electron chi connectivity index (χ0n) is 6.81. The molecule has 0 aliphatic carbocycles. The fourth-order valence-corrected chi connectivity index (χ4v) is 0.351. The van der Waals surface area contributed by atoms with Gasteiger partial charge in [0.1, 0.15) is 5.60 Å². The SMILES string of the molecule is CC(C)C#CC(C)(O)CN. The summed E-state index contributed by atoms with van der Waals surface area (Å²) in [6.07, 6.45) is 0. The van der Waals surface area contributed by atoms with E-state index in [9.17, 15) is 5.11 Å². The molecule has 0 saturated heterocycles. The first-order valence-corrected chi connectivity index (χ1v) is 3.43. The molecule has 0 aromatic heterocycles. The average Bonchev–Trinajstić information content (AvgIpc) is 1.85. The Morgan fingerprint density at radius 3 is 2.40 bits per heavy atom. The summed E-state index contributed by atoms with van der Waals surface area (Å²) in [5.74, 6) is 5.84. The van der Waals surface area contributed by atoms with E-state index in [1.807, 2.05) is 13.8 Å². The first kappa shape index (κ1) is 9.48. The molecule has 0 radical (unpaired) electrons. The normalized spacial score (nSPS) is 15.8. The maximum atomic E-state index is 9.27. The van der Waals surface area contributed by atoms with Crippen molar-refractivity contribution in [1.82, 2.24) is 0 Å². The Morgan fingerprint density at radius 2 is 2.10 bits per heavy atom. The highest BCUT2D eigenvalue weighted by atomic mass is 16.3. The topological polar surface area (TPSA) is 46.2 Å². The fraction of sp³-hybridized carbons (Fsp3) is 0.750. The molecular formula is C8H15NO. The van der Waals surface area contributed by atoms with Crippen LogP contribution in [0, 0.1) is 17.8 Å². The lowest BCUT2D eigenvalue weighted by Crippen LogP contribution is -2.32. The molecule has 2 nitrogen and oxygen atoms in total. The van der Waals surface area contributed by atoms with Crippen LogP contribution in [0.2, 0.25) is 0 Å². The van der Waals surface area contributed by atoms with Crippen LogP contribution in [0.1, 0.15) is 20.8 Å². The molecule has 58 valence electrons. The zero-order chi connectivity index (χ0) is 8.20. The van der Waals surface area contributed by atoms with Crippen molar-refractivity contribution in [2.24, 2.45) is 11.7 Å². The third kappa shape index (κ3) is 4.37. The minimum Gasteiger partial charge on any atom is -0.377 e. The predicted octanol–water partition coefficient (Wildman–Crippen LogP) is 0.356. The molecule has 0 heterocycles. The van der Waals surface area contributed by atoms with Crippen molar-refractivity contribution >= 4 is 0 Å². The lowest BCUT2D eigenvalue weighted by molar-refractivity contribution is 0.131. The Morgan fingerprint density at radius 1 is 1.60 bits per heavy atom. The van der Waals surface area contributed by atoms with Gasteiger partial charge in [0.25, 0.3) is 0 Å². The molecule has 0 aromatic carbocycles. The summed E-state index contributed by atoms with van der Waals surface area (Å²) in [5, 5.41) is 9.27. The van der Waals surface area contributed by atoms with E-state index in [1.165, 1.54) is 0 Å². The van der Waals surface area contributed by atoms with Crippen LogP contribution < -0.4 is 5.73 Å². The lowest BCUT2D eigenvalue weighted by Gasteiger charge is -2.11. The zero-order valence-corrected chi connectivity index (χ0v) is 6.81. The summed E-state index contributed by atoms with van der Waals surface area (Å²) >= 11 is 0. The van der Waals surface area contributed by atoms with E-state index < -0.39 is 5.60 Å². The molecule has 0 fully saturated rings. The summed E-state index contributed by atoms with van der Waals surface area (Å²) in [7, 11) is 0. The second-order valence-corrected chi connectivity index (χ2v) is 2.90. The van der Waals surface area contributed by atoms with E-state index in [1.54, 1.807) is 6.92 Å². The Bertz CT molecular complexity index is 150. The van der Waals surface area contributed by atoms with Crippen LogP contribution in [0.4, 0.5) is 0 Å². The third-order valence-electron chi connectivity index (χ3n) is 1.03. The van der Waals surface area contributed by atoms with Crippen molar-refractivity contribution < 1.29 is 5.11 Å². The monoisotopic (exact) mass is 141 g/mol. The maximum Gasteiger partial charge on any atom is 0.134 e. The fourth-order valence-electron chi connectivity index (χ4n) is 0.351. The number of nitrogens with two attached hydrogens (primary N) is 1. The highest BCUT2D eigenvalue weighted by molar-refractivity contribution is 5.13. The van der Waals surface area contributed by atoms with Gasteiger partial charge in [0.15, 0.2) is 0 Å². The lowest BCUT2D eigenvalue weighted by atomic mass is 10.1. The highest BCUT2D eigenvalue weighted by Crippen LogP contribution is 1.97. The quantitative estimate of drug-likeness (QED) is 0.518. The Balaban J connectivity index is 4.02. The minimum absolute atomic E-state index is 0.187. The van der Waals surface area contributed by atoms with Crippen LogP contribution in [-0.2, 0) is 0 Å². The van der Waals surface area contributed by atoms with Gasteiger partial charge in [0.05, 0.1) is 0 Å². The van der Waals surface area contributed by atoms with Crippen molar-refractivity contribution in [3.8, 4) is 11.8 Å². The Hall–Kier alpha value is -0.520. The van der Waals surface area contributed by atoms with Crippen molar-refractivity contribution in [2.75, 3.05) is 6.54 Å². The number of rotatable bonds is 1. The predicted molar refractivity (Wildman–Crippen MR) is 42.3 cm³/mol. The molecule has 0 spiro atoms. The van der Waals surface area contributed by atoms with Crippen molar-refractivity contribution in [2.45, 2.75) is 26.4 Å². The molecule has 1 unspecified atom stereocenters. The van der Waals surface area contributed by atoms with Gasteiger partial charge >= 0.3 is 0 Å². The first-order valence-electron chi connectivity index (χ1n) is 3.43. The molecule has 0 rings (SSSR count). The summed E-state index contributed by atoms with van der Waals surface area (Å²) in [6, 6.07) is 0. The van der Waals surface area contributed by atoms with Crippen LogP contribution in [0.5, 0.6) is 0 Å². The van der Waals surface area contributed by atoms with Gasteiger partial charge in [-0.25, -0.2) is 0 Å². The van der Waals surface area contributed by atoms with Crippen molar-refractivity contribution in [3.05, 3.63) is 0 Å². The maximum absolute atomic E-state index is 9.27. The van der Waals surface area contributed by atoms with Crippen LogP contribution in [0.3, 0.4) is 0 Å².